The maximum absolute atomic E-state index is 11.9. The molecule has 1 aliphatic rings. The Bertz CT molecular complexity index is 730. The highest BCUT2D eigenvalue weighted by molar-refractivity contribution is 5.75. The van der Waals surface area contributed by atoms with Crippen LogP contribution < -0.4 is 10.9 Å². The number of hydrogen-bond acceptors (Lipinski definition) is 4. The van der Waals surface area contributed by atoms with Crippen LogP contribution in [0, 0.1) is 5.92 Å². The fraction of sp³-hybridized carbons (Fsp3) is 0.647. The van der Waals surface area contributed by atoms with Crippen molar-refractivity contribution in [2.75, 3.05) is 6.54 Å². The van der Waals surface area contributed by atoms with Crippen LogP contribution in [0.25, 0.3) is 5.65 Å². The molecule has 0 spiro atoms. The van der Waals surface area contributed by atoms with Crippen LogP contribution in [0.4, 0.5) is 0 Å². The average molecular weight is 331 g/mol. The molecule has 0 saturated heterocycles. The van der Waals surface area contributed by atoms with Gasteiger partial charge in [0.05, 0.1) is 0 Å². The van der Waals surface area contributed by atoms with Crippen molar-refractivity contribution in [1.82, 2.24) is 24.9 Å². The zero-order valence-corrected chi connectivity index (χ0v) is 14.0. The van der Waals surface area contributed by atoms with Gasteiger partial charge in [-0.25, -0.2) is 0 Å². The van der Waals surface area contributed by atoms with E-state index in [4.69, 9.17) is 0 Å². The second kappa shape index (κ2) is 8.08. The summed E-state index contributed by atoms with van der Waals surface area (Å²) in [4.78, 5) is 26.1. The third-order valence-electron chi connectivity index (χ3n) is 4.82. The highest BCUT2D eigenvalue weighted by atomic mass is 16.1. The van der Waals surface area contributed by atoms with Gasteiger partial charge >= 0.3 is 0 Å². The summed E-state index contributed by atoms with van der Waals surface area (Å²) >= 11 is 0. The standard InChI is InChI=1S/C17H25N5O2/c23-15(8-4-7-13-5-2-1-3-6-13)18-10-9-14-20-21-16-17(24)19-11-12-22(14)16/h11-13H,1-10H2,(H,18,23)(H,19,24). The molecule has 130 valence electrons. The molecule has 0 unspecified atom stereocenters. The lowest BCUT2D eigenvalue weighted by molar-refractivity contribution is -0.121. The first kappa shape index (κ1) is 16.7. The number of fused-ring (bicyclic) bond motifs is 1. The summed E-state index contributed by atoms with van der Waals surface area (Å²) in [5.74, 6) is 1.60. The van der Waals surface area contributed by atoms with E-state index >= 15 is 0 Å². The Morgan fingerprint density at radius 1 is 1.29 bits per heavy atom. The number of amides is 1. The SMILES string of the molecule is O=C(CCCC1CCCCC1)NCCc1nnc2c(=O)[nH]ccn12. The predicted molar refractivity (Wildman–Crippen MR) is 90.7 cm³/mol. The minimum Gasteiger partial charge on any atom is -0.356 e. The van der Waals surface area contributed by atoms with Crippen molar-refractivity contribution >= 4 is 11.6 Å². The average Bonchev–Trinajstić information content (AvgIpc) is 3.01. The largest absolute Gasteiger partial charge is 0.356 e. The number of carbonyl (C=O) groups is 1. The van der Waals surface area contributed by atoms with E-state index in [9.17, 15) is 9.59 Å². The van der Waals surface area contributed by atoms with Crippen LogP contribution in [0.2, 0.25) is 0 Å². The lowest BCUT2D eigenvalue weighted by Gasteiger charge is -2.21. The van der Waals surface area contributed by atoms with Gasteiger partial charge in [0.25, 0.3) is 5.56 Å². The van der Waals surface area contributed by atoms with E-state index in [1.807, 2.05) is 0 Å². The second-order valence-electron chi connectivity index (χ2n) is 6.60. The molecule has 2 N–H and O–H groups in total. The normalized spacial score (nSPS) is 15.7. The molecule has 1 aliphatic carbocycles. The van der Waals surface area contributed by atoms with Gasteiger partial charge in [-0.05, 0) is 18.8 Å². The summed E-state index contributed by atoms with van der Waals surface area (Å²) < 4.78 is 1.66. The van der Waals surface area contributed by atoms with Crippen LogP contribution in [-0.4, -0.2) is 32.0 Å². The first-order valence-corrected chi connectivity index (χ1v) is 8.92. The quantitative estimate of drug-likeness (QED) is 0.809. The number of carbonyl (C=O) groups excluding carboxylic acids is 1. The maximum Gasteiger partial charge on any atom is 0.293 e. The Hall–Kier alpha value is -2.18. The van der Waals surface area contributed by atoms with Crippen molar-refractivity contribution < 1.29 is 4.79 Å². The van der Waals surface area contributed by atoms with Crippen molar-refractivity contribution in [2.24, 2.45) is 5.92 Å². The Morgan fingerprint density at radius 2 is 2.12 bits per heavy atom. The van der Waals surface area contributed by atoms with Gasteiger partial charge in [-0.2, -0.15) is 0 Å². The fourth-order valence-electron chi connectivity index (χ4n) is 3.49. The van der Waals surface area contributed by atoms with Gasteiger partial charge in [0.15, 0.2) is 0 Å². The molecule has 0 bridgehead atoms. The van der Waals surface area contributed by atoms with Gasteiger partial charge < -0.3 is 10.3 Å². The molecule has 7 nitrogen and oxygen atoms in total. The van der Waals surface area contributed by atoms with Crippen molar-refractivity contribution in [1.29, 1.82) is 0 Å². The third kappa shape index (κ3) is 4.21. The van der Waals surface area contributed by atoms with Crippen molar-refractivity contribution in [2.45, 2.75) is 57.8 Å². The van der Waals surface area contributed by atoms with Gasteiger partial charge in [-0.3, -0.25) is 14.0 Å². The zero-order chi connectivity index (χ0) is 16.8. The minimum atomic E-state index is -0.261. The molecule has 1 fully saturated rings. The van der Waals surface area contributed by atoms with Crippen LogP contribution >= 0.6 is 0 Å². The van der Waals surface area contributed by atoms with Crippen molar-refractivity contribution in [3.05, 3.63) is 28.6 Å². The van der Waals surface area contributed by atoms with Crippen LogP contribution in [0.5, 0.6) is 0 Å². The predicted octanol–water partition coefficient (Wildman–Crippen LogP) is 1.83. The third-order valence-corrected chi connectivity index (χ3v) is 4.82. The van der Waals surface area contributed by atoms with Gasteiger partial charge in [0.2, 0.25) is 11.6 Å². The number of hydrogen-bond donors (Lipinski definition) is 2. The van der Waals surface area contributed by atoms with E-state index in [0.717, 1.165) is 12.3 Å². The molecule has 2 aromatic heterocycles. The molecule has 1 saturated carbocycles. The number of H-pyrrole nitrogens is 1. The van der Waals surface area contributed by atoms with E-state index in [1.54, 1.807) is 16.8 Å². The number of rotatable bonds is 7. The summed E-state index contributed by atoms with van der Waals surface area (Å²) in [6, 6.07) is 0. The summed E-state index contributed by atoms with van der Waals surface area (Å²) in [5, 5.41) is 10.8. The molecule has 2 aromatic rings. The fourth-order valence-corrected chi connectivity index (χ4v) is 3.49. The molecule has 0 radical (unpaired) electrons. The first-order valence-electron chi connectivity index (χ1n) is 8.92. The van der Waals surface area contributed by atoms with Gasteiger partial charge in [-0.1, -0.05) is 32.1 Å². The van der Waals surface area contributed by atoms with Crippen molar-refractivity contribution in [3.8, 4) is 0 Å². The highest BCUT2D eigenvalue weighted by Crippen LogP contribution is 2.27. The molecular formula is C17H25N5O2. The minimum absolute atomic E-state index is 0.0949. The van der Waals surface area contributed by atoms with E-state index in [0.29, 0.717) is 25.2 Å². The Labute approximate surface area is 140 Å². The molecule has 24 heavy (non-hydrogen) atoms. The summed E-state index contributed by atoms with van der Waals surface area (Å²) in [5.41, 5.74) is 0.0225. The molecule has 7 heteroatoms. The van der Waals surface area contributed by atoms with Crippen molar-refractivity contribution in [3.63, 3.8) is 0 Å². The number of nitrogens with one attached hydrogen (secondary N) is 2. The van der Waals surface area contributed by atoms with Gasteiger partial charge in [0.1, 0.15) is 5.82 Å². The van der Waals surface area contributed by atoms with E-state index < -0.39 is 0 Å². The van der Waals surface area contributed by atoms with E-state index in [2.05, 4.69) is 20.5 Å². The summed E-state index contributed by atoms with van der Waals surface area (Å²) in [7, 11) is 0. The Morgan fingerprint density at radius 3 is 2.96 bits per heavy atom. The topological polar surface area (TPSA) is 92.2 Å². The molecule has 3 rings (SSSR count). The monoisotopic (exact) mass is 331 g/mol. The lowest BCUT2D eigenvalue weighted by Crippen LogP contribution is -2.26. The van der Waals surface area contributed by atoms with Crippen LogP contribution in [0.15, 0.2) is 17.2 Å². The molecule has 1 amide bonds. The molecule has 0 atom stereocenters. The van der Waals surface area contributed by atoms with Gasteiger partial charge in [0, 0.05) is 31.8 Å². The molecule has 0 aliphatic heterocycles. The maximum atomic E-state index is 11.9. The first-order chi connectivity index (χ1) is 11.7. The number of aromatic amines is 1. The molecule has 0 aromatic carbocycles. The summed E-state index contributed by atoms with van der Waals surface area (Å²) in [6.07, 6.45) is 13.3. The second-order valence-corrected chi connectivity index (χ2v) is 6.60. The zero-order valence-electron chi connectivity index (χ0n) is 14.0. The molecule has 2 heterocycles. The van der Waals surface area contributed by atoms with E-state index in [-0.39, 0.29) is 17.1 Å². The summed E-state index contributed by atoms with van der Waals surface area (Å²) in [6.45, 7) is 0.510. The van der Waals surface area contributed by atoms with Gasteiger partial charge in [-0.15, -0.1) is 10.2 Å². The smallest absolute Gasteiger partial charge is 0.293 e. The number of nitrogens with zero attached hydrogens (tertiary/aromatic N) is 3. The number of aromatic nitrogens is 4. The Balaban J connectivity index is 1.38. The lowest BCUT2D eigenvalue weighted by atomic mass is 9.86. The van der Waals surface area contributed by atoms with Crippen LogP contribution in [-0.2, 0) is 11.2 Å². The molecular weight excluding hydrogens is 306 g/mol. The highest BCUT2D eigenvalue weighted by Gasteiger charge is 2.13. The van der Waals surface area contributed by atoms with Crippen LogP contribution in [0.1, 0.15) is 57.2 Å². The van der Waals surface area contributed by atoms with Crippen LogP contribution in [0.3, 0.4) is 0 Å². The van der Waals surface area contributed by atoms with E-state index in [1.165, 1.54) is 38.5 Å². The Kier molecular flexibility index (Phi) is 5.61.